The van der Waals surface area contributed by atoms with Crippen LogP contribution >= 0.6 is 11.8 Å². The standard InChI is InChI=1S/C26H26N2O2S/c1-3-23(19-9-5-4-6-10-19)25(30)27-21-14-12-20(13-15-21)26-28(24(29)17-31-26)22-11-7-8-18(2)16-22/h4-16,23,26H,3,17H2,1-2H3,(H,27,30)/t23-,26-/m1/s1. The zero-order valence-corrected chi connectivity index (χ0v) is 18.6. The predicted octanol–water partition coefficient (Wildman–Crippen LogP) is 5.91. The molecule has 0 bridgehead atoms. The van der Waals surface area contributed by atoms with E-state index in [0.717, 1.165) is 34.5 Å². The number of aryl methyl sites for hydroxylation is 1. The minimum atomic E-state index is -0.180. The Morgan fingerprint density at radius 3 is 2.48 bits per heavy atom. The van der Waals surface area contributed by atoms with Gasteiger partial charge in [0.1, 0.15) is 5.37 Å². The van der Waals surface area contributed by atoms with Crippen molar-refractivity contribution in [3.63, 3.8) is 0 Å². The highest BCUT2D eigenvalue weighted by Crippen LogP contribution is 2.42. The quantitative estimate of drug-likeness (QED) is 0.529. The van der Waals surface area contributed by atoms with Crippen LogP contribution in [-0.4, -0.2) is 17.6 Å². The summed E-state index contributed by atoms with van der Waals surface area (Å²) in [5.41, 5.74) is 4.88. The molecule has 1 aliphatic rings. The van der Waals surface area contributed by atoms with E-state index in [1.54, 1.807) is 11.8 Å². The minimum Gasteiger partial charge on any atom is -0.326 e. The third-order valence-electron chi connectivity index (χ3n) is 5.54. The summed E-state index contributed by atoms with van der Waals surface area (Å²) in [6.45, 7) is 4.05. The third-order valence-corrected chi connectivity index (χ3v) is 6.75. The lowest BCUT2D eigenvalue weighted by Crippen LogP contribution is -2.27. The smallest absolute Gasteiger partial charge is 0.238 e. The molecule has 4 nitrogen and oxygen atoms in total. The van der Waals surface area contributed by atoms with Gasteiger partial charge in [-0.2, -0.15) is 0 Å². The van der Waals surface area contributed by atoms with E-state index < -0.39 is 0 Å². The van der Waals surface area contributed by atoms with Crippen molar-refractivity contribution >= 4 is 35.0 Å². The molecule has 1 fully saturated rings. The zero-order chi connectivity index (χ0) is 21.8. The van der Waals surface area contributed by atoms with Crippen LogP contribution in [0.1, 0.15) is 41.3 Å². The van der Waals surface area contributed by atoms with Crippen molar-refractivity contribution in [3.05, 3.63) is 95.6 Å². The highest BCUT2D eigenvalue weighted by molar-refractivity contribution is 8.00. The van der Waals surface area contributed by atoms with Gasteiger partial charge in [-0.25, -0.2) is 0 Å². The van der Waals surface area contributed by atoms with E-state index in [0.29, 0.717) is 5.75 Å². The van der Waals surface area contributed by atoms with E-state index in [-0.39, 0.29) is 23.1 Å². The minimum absolute atomic E-state index is 0.00624. The molecule has 1 aliphatic heterocycles. The van der Waals surface area contributed by atoms with Gasteiger partial charge in [0.25, 0.3) is 0 Å². The van der Waals surface area contributed by atoms with Crippen molar-refractivity contribution in [2.24, 2.45) is 0 Å². The molecule has 2 atom stereocenters. The molecule has 1 N–H and O–H groups in total. The lowest BCUT2D eigenvalue weighted by atomic mass is 9.95. The lowest BCUT2D eigenvalue weighted by Gasteiger charge is -2.25. The molecule has 0 spiro atoms. The summed E-state index contributed by atoms with van der Waals surface area (Å²) >= 11 is 1.63. The van der Waals surface area contributed by atoms with Crippen LogP contribution < -0.4 is 10.2 Å². The van der Waals surface area contributed by atoms with Crippen LogP contribution in [0.4, 0.5) is 11.4 Å². The molecule has 0 radical (unpaired) electrons. The number of anilines is 2. The number of carbonyl (C=O) groups is 2. The fourth-order valence-corrected chi connectivity index (χ4v) is 5.12. The normalized spacial score (nSPS) is 16.9. The fraction of sp³-hybridized carbons (Fsp3) is 0.231. The molecule has 3 aromatic rings. The Kier molecular flexibility index (Phi) is 6.42. The third kappa shape index (κ3) is 4.67. The Bertz CT molecular complexity index is 1070. The van der Waals surface area contributed by atoms with E-state index >= 15 is 0 Å². The van der Waals surface area contributed by atoms with E-state index in [1.807, 2.05) is 97.6 Å². The van der Waals surface area contributed by atoms with Gasteiger partial charge in [-0.1, -0.05) is 61.5 Å². The van der Waals surface area contributed by atoms with Gasteiger partial charge in [0, 0.05) is 11.4 Å². The van der Waals surface area contributed by atoms with Crippen LogP contribution in [0, 0.1) is 6.92 Å². The molecule has 2 amide bonds. The largest absolute Gasteiger partial charge is 0.326 e. The van der Waals surface area contributed by atoms with Gasteiger partial charge in [-0.3, -0.25) is 14.5 Å². The molecule has 0 saturated carbocycles. The molecule has 0 aromatic heterocycles. The number of hydrogen-bond acceptors (Lipinski definition) is 3. The first-order chi connectivity index (χ1) is 15.1. The van der Waals surface area contributed by atoms with Crippen LogP contribution in [0.3, 0.4) is 0 Å². The molecule has 3 aromatic carbocycles. The Hall–Kier alpha value is -3.05. The summed E-state index contributed by atoms with van der Waals surface area (Å²) in [5.74, 6) is 0.396. The highest BCUT2D eigenvalue weighted by atomic mass is 32.2. The van der Waals surface area contributed by atoms with Crippen LogP contribution in [0.25, 0.3) is 0 Å². The maximum Gasteiger partial charge on any atom is 0.238 e. The molecule has 1 heterocycles. The van der Waals surface area contributed by atoms with E-state index in [9.17, 15) is 9.59 Å². The summed E-state index contributed by atoms with van der Waals surface area (Å²) in [5, 5.41) is 2.98. The second-order valence-corrected chi connectivity index (χ2v) is 8.82. The number of nitrogens with one attached hydrogen (secondary N) is 1. The molecule has 0 unspecified atom stereocenters. The first kappa shape index (κ1) is 21.2. The summed E-state index contributed by atoms with van der Waals surface area (Å²) in [7, 11) is 0. The maximum atomic E-state index is 12.8. The number of thioether (sulfide) groups is 1. The van der Waals surface area contributed by atoms with Crippen molar-refractivity contribution in [2.45, 2.75) is 31.6 Å². The maximum absolute atomic E-state index is 12.8. The zero-order valence-electron chi connectivity index (χ0n) is 17.7. The fourth-order valence-electron chi connectivity index (χ4n) is 3.95. The summed E-state index contributed by atoms with van der Waals surface area (Å²) < 4.78 is 0. The van der Waals surface area contributed by atoms with Crippen LogP contribution in [-0.2, 0) is 9.59 Å². The Balaban J connectivity index is 1.50. The number of nitrogens with zero attached hydrogens (tertiary/aromatic N) is 1. The SMILES string of the molecule is CC[C@@H](C(=O)Nc1ccc([C@H]2SCC(=O)N2c2cccc(C)c2)cc1)c1ccccc1. The van der Waals surface area contributed by atoms with Gasteiger partial charge >= 0.3 is 0 Å². The molecule has 31 heavy (non-hydrogen) atoms. The Labute approximate surface area is 187 Å². The van der Waals surface area contributed by atoms with Crippen LogP contribution in [0.5, 0.6) is 0 Å². The topological polar surface area (TPSA) is 49.4 Å². The van der Waals surface area contributed by atoms with Crippen LogP contribution in [0.15, 0.2) is 78.9 Å². The number of benzene rings is 3. The second kappa shape index (κ2) is 9.40. The van der Waals surface area contributed by atoms with Gasteiger partial charge in [0.15, 0.2) is 0 Å². The van der Waals surface area contributed by atoms with Gasteiger partial charge in [-0.15, -0.1) is 11.8 Å². The monoisotopic (exact) mass is 430 g/mol. The average molecular weight is 431 g/mol. The molecular weight excluding hydrogens is 404 g/mol. The summed E-state index contributed by atoms with van der Waals surface area (Å²) in [6.07, 6.45) is 0.736. The Morgan fingerprint density at radius 2 is 1.81 bits per heavy atom. The summed E-state index contributed by atoms with van der Waals surface area (Å²) in [4.78, 5) is 27.3. The lowest BCUT2D eigenvalue weighted by molar-refractivity contribution is -0.118. The van der Waals surface area contributed by atoms with E-state index in [2.05, 4.69) is 5.32 Å². The number of hydrogen-bond donors (Lipinski definition) is 1. The predicted molar refractivity (Wildman–Crippen MR) is 128 cm³/mol. The molecule has 1 saturated heterocycles. The van der Waals surface area contributed by atoms with E-state index in [4.69, 9.17) is 0 Å². The molecule has 158 valence electrons. The van der Waals surface area contributed by atoms with Gasteiger partial charge < -0.3 is 5.32 Å². The average Bonchev–Trinajstić information content (AvgIpc) is 3.17. The number of rotatable bonds is 6. The van der Waals surface area contributed by atoms with Crippen molar-refractivity contribution in [3.8, 4) is 0 Å². The van der Waals surface area contributed by atoms with Gasteiger partial charge in [0.2, 0.25) is 11.8 Å². The summed E-state index contributed by atoms with van der Waals surface area (Å²) in [6, 6.07) is 25.7. The Morgan fingerprint density at radius 1 is 1.06 bits per heavy atom. The van der Waals surface area contributed by atoms with Crippen molar-refractivity contribution < 1.29 is 9.59 Å². The molecule has 0 aliphatic carbocycles. The number of carbonyl (C=O) groups excluding carboxylic acids is 2. The molecule has 5 heteroatoms. The van der Waals surface area contributed by atoms with Crippen molar-refractivity contribution in [2.75, 3.05) is 16.0 Å². The van der Waals surface area contributed by atoms with Gasteiger partial charge in [0.05, 0.1) is 11.7 Å². The number of amides is 2. The molecular formula is C26H26N2O2S. The molecule has 4 rings (SSSR count). The first-order valence-corrected chi connectivity index (χ1v) is 11.6. The van der Waals surface area contributed by atoms with Crippen LogP contribution in [0.2, 0.25) is 0 Å². The van der Waals surface area contributed by atoms with Crippen molar-refractivity contribution in [1.82, 2.24) is 0 Å². The van der Waals surface area contributed by atoms with E-state index in [1.165, 1.54) is 0 Å². The van der Waals surface area contributed by atoms with Gasteiger partial charge in [-0.05, 0) is 54.3 Å². The first-order valence-electron chi connectivity index (χ1n) is 10.5. The van der Waals surface area contributed by atoms with Crippen molar-refractivity contribution in [1.29, 1.82) is 0 Å². The highest BCUT2D eigenvalue weighted by Gasteiger charge is 2.34. The second-order valence-electron chi connectivity index (χ2n) is 7.75.